The summed E-state index contributed by atoms with van der Waals surface area (Å²) in [5.74, 6) is -1.62. The number of furan rings is 1. The zero-order valence-corrected chi connectivity index (χ0v) is 15.2. The molecule has 10 nitrogen and oxygen atoms in total. The highest BCUT2D eigenvalue weighted by molar-refractivity contribution is 6.01. The molecular formula is C18H18N4O6. The number of para-hydroxylation sites is 1. The molecule has 0 saturated heterocycles. The van der Waals surface area contributed by atoms with Gasteiger partial charge in [-0.1, -0.05) is 12.1 Å². The molecule has 3 rings (SSSR count). The molecule has 0 unspecified atom stereocenters. The van der Waals surface area contributed by atoms with Crippen molar-refractivity contribution in [1.82, 2.24) is 20.2 Å². The van der Waals surface area contributed by atoms with Crippen LogP contribution in [0.3, 0.4) is 0 Å². The SMILES string of the molecule is CC(C)NC(=O)NC(=O)COC(=O)Cn1cnc2c(oc3ccccc32)c1=O. The Labute approximate surface area is 158 Å². The highest BCUT2D eigenvalue weighted by Gasteiger charge is 2.16. The Morgan fingerprint density at radius 2 is 2.00 bits per heavy atom. The van der Waals surface area contributed by atoms with Crippen LogP contribution in [0, 0.1) is 0 Å². The number of carbonyl (C=O) groups excluding carboxylic acids is 3. The van der Waals surface area contributed by atoms with Gasteiger partial charge >= 0.3 is 12.0 Å². The van der Waals surface area contributed by atoms with Crippen LogP contribution in [0.15, 0.2) is 39.8 Å². The Bertz CT molecular complexity index is 1110. The lowest BCUT2D eigenvalue weighted by Crippen LogP contribution is -2.44. The van der Waals surface area contributed by atoms with Crippen LogP contribution < -0.4 is 16.2 Å². The Morgan fingerprint density at radius 3 is 2.75 bits per heavy atom. The molecule has 10 heteroatoms. The number of imide groups is 1. The molecule has 0 aliphatic rings. The van der Waals surface area contributed by atoms with Gasteiger partial charge in [0, 0.05) is 11.4 Å². The van der Waals surface area contributed by atoms with Crippen LogP contribution >= 0.6 is 0 Å². The monoisotopic (exact) mass is 386 g/mol. The lowest BCUT2D eigenvalue weighted by Gasteiger charge is -2.09. The van der Waals surface area contributed by atoms with Crippen molar-refractivity contribution < 1.29 is 23.5 Å². The molecular weight excluding hydrogens is 368 g/mol. The number of nitrogens with one attached hydrogen (secondary N) is 2. The van der Waals surface area contributed by atoms with Crippen LogP contribution in [0.1, 0.15) is 13.8 Å². The Kier molecular flexibility index (Phi) is 5.39. The smallest absolute Gasteiger partial charge is 0.326 e. The second kappa shape index (κ2) is 7.91. The predicted molar refractivity (Wildman–Crippen MR) is 98.5 cm³/mol. The van der Waals surface area contributed by atoms with E-state index in [1.807, 2.05) is 5.32 Å². The molecule has 1 aromatic carbocycles. The fourth-order valence-corrected chi connectivity index (χ4v) is 2.52. The number of benzene rings is 1. The topological polar surface area (TPSA) is 133 Å². The van der Waals surface area contributed by atoms with Crippen LogP contribution in [-0.2, 0) is 20.9 Å². The average Bonchev–Trinajstić information content (AvgIpc) is 3.01. The second-order valence-corrected chi connectivity index (χ2v) is 6.29. The molecule has 0 aliphatic heterocycles. The molecule has 0 radical (unpaired) electrons. The van der Waals surface area contributed by atoms with E-state index in [2.05, 4.69) is 10.3 Å². The van der Waals surface area contributed by atoms with Gasteiger partial charge in [-0.25, -0.2) is 9.78 Å². The number of hydrogen-bond donors (Lipinski definition) is 2. The van der Waals surface area contributed by atoms with Crippen LogP contribution in [-0.4, -0.2) is 40.1 Å². The molecule has 0 spiro atoms. The van der Waals surface area contributed by atoms with Gasteiger partial charge in [-0.05, 0) is 26.0 Å². The first-order chi connectivity index (χ1) is 13.3. The Balaban J connectivity index is 1.64. The van der Waals surface area contributed by atoms with Crippen LogP contribution in [0.5, 0.6) is 0 Å². The first kappa shape index (κ1) is 19.1. The minimum atomic E-state index is -0.834. The molecule has 3 aromatic rings. The van der Waals surface area contributed by atoms with Crippen molar-refractivity contribution in [1.29, 1.82) is 0 Å². The number of nitrogens with zero attached hydrogens (tertiary/aromatic N) is 2. The van der Waals surface area contributed by atoms with Gasteiger partial charge in [0.1, 0.15) is 17.6 Å². The molecule has 0 fully saturated rings. The molecule has 2 N–H and O–H groups in total. The normalized spacial score (nSPS) is 11.0. The molecule has 0 atom stereocenters. The number of carbonyl (C=O) groups is 3. The van der Waals surface area contributed by atoms with E-state index >= 15 is 0 Å². The zero-order chi connectivity index (χ0) is 20.3. The maximum atomic E-state index is 12.5. The average molecular weight is 386 g/mol. The first-order valence-corrected chi connectivity index (χ1v) is 8.48. The fraction of sp³-hybridized carbons (Fsp3) is 0.278. The van der Waals surface area contributed by atoms with E-state index in [0.717, 1.165) is 4.57 Å². The third-order valence-electron chi connectivity index (χ3n) is 3.69. The molecule has 2 aromatic heterocycles. The van der Waals surface area contributed by atoms with Crippen molar-refractivity contribution in [3.8, 4) is 0 Å². The van der Waals surface area contributed by atoms with E-state index in [9.17, 15) is 19.2 Å². The minimum Gasteiger partial charge on any atom is -0.454 e. The lowest BCUT2D eigenvalue weighted by atomic mass is 10.2. The van der Waals surface area contributed by atoms with Gasteiger partial charge in [-0.2, -0.15) is 0 Å². The molecule has 0 bridgehead atoms. The number of hydrogen-bond acceptors (Lipinski definition) is 7. The van der Waals surface area contributed by atoms with Crippen molar-refractivity contribution in [2.24, 2.45) is 0 Å². The third kappa shape index (κ3) is 4.17. The van der Waals surface area contributed by atoms with E-state index < -0.39 is 36.6 Å². The number of esters is 1. The van der Waals surface area contributed by atoms with E-state index in [-0.39, 0.29) is 11.6 Å². The summed E-state index contributed by atoms with van der Waals surface area (Å²) >= 11 is 0. The molecule has 28 heavy (non-hydrogen) atoms. The van der Waals surface area contributed by atoms with Crippen molar-refractivity contribution in [2.75, 3.05) is 6.61 Å². The number of urea groups is 1. The molecule has 3 amide bonds. The maximum Gasteiger partial charge on any atom is 0.326 e. The number of amides is 3. The molecule has 2 heterocycles. The Morgan fingerprint density at radius 1 is 1.25 bits per heavy atom. The van der Waals surface area contributed by atoms with Crippen LogP contribution in [0.4, 0.5) is 4.79 Å². The lowest BCUT2D eigenvalue weighted by molar-refractivity contribution is -0.148. The molecule has 0 saturated carbocycles. The number of rotatable bonds is 5. The van der Waals surface area contributed by atoms with Crippen molar-refractivity contribution in [3.63, 3.8) is 0 Å². The second-order valence-electron chi connectivity index (χ2n) is 6.29. The van der Waals surface area contributed by atoms with Gasteiger partial charge in [0.2, 0.25) is 5.58 Å². The van der Waals surface area contributed by atoms with Gasteiger partial charge < -0.3 is 14.5 Å². The number of aromatic nitrogens is 2. The third-order valence-corrected chi connectivity index (χ3v) is 3.69. The predicted octanol–water partition coefficient (Wildman–Crippen LogP) is 0.920. The summed E-state index contributed by atoms with van der Waals surface area (Å²) in [7, 11) is 0. The van der Waals surface area contributed by atoms with Gasteiger partial charge in [0.15, 0.2) is 6.61 Å². The van der Waals surface area contributed by atoms with Gasteiger partial charge in [-0.3, -0.25) is 24.3 Å². The van der Waals surface area contributed by atoms with E-state index in [4.69, 9.17) is 9.15 Å². The summed E-state index contributed by atoms with van der Waals surface area (Å²) in [5.41, 5.74) is 0.401. The van der Waals surface area contributed by atoms with Crippen LogP contribution in [0.25, 0.3) is 22.1 Å². The summed E-state index contributed by atoms with van der Waals surface area (Å²) in [5, 5.41) is 5.17. The molecule has 146 valence electrons. The fourth-order valence-electron chi connectivity index (χ4n) is 2.52. The van der Waals surface area contributed by atoms with Crippen molar-refractivity contribution in [3.05, 3.63) is 40.9 Å². The largest absolute Gasteiger partial charge is 0.454 e. The van der Waals surface area contributed by atoms with Crippen molar-refractivity contribution >= 4 is 40.0 Å². The van der Waals surface area contributed by atoms with Gasteiger partial charge in [0.05, 0.1) is 6.33 Å². The summed E-state index contributed by atoms with van der Waals surface area (Å²) in [6.45, 7) is 2.35. The maximum absolute atomic E-state index is 12.5. The minimum absolute atomic E-state index is 0.0274. The first-order valence-electron chi connectivity index (χ1n) is 8.48. The Hall–Kier alpha value is -3.69. The van der Waals surface area contributed by atoms with Gasteiger partial charge in [0.25, 0.3) is 11.5 Å². The summed E-state index contributed by atoms with van der Waals surface area (Å²) in [6, 6.07) is 6.22. The van der Waals surface area contributed by atoms with E-state index in [1.165, 1.54) is 6.33 Å². The van der Waals surface area contributed by atoms with Crippen LogP contribution in [0.2, 0.25) is 0 Å². The summed E-state index contributed by atoms with van der Waals surface area (Å²) in [4.78, 5) is 51.6. The summed E-state index contributed by atoms with van der Waals surface area (Å²) < 4.78 is 11.3. The number of ether oxygens (including phenoxy) is 1. The van der Waals surface area contributed by atoms with E-state index in [0.29, 0.717) is 16.5 Å². The van der Waals surface area contributed by atoms with Crippen molar-refractivity contribution in [2.45, 2.75) is 26.4 Å². The zero-order valence-electron chi connectivity index (χ0n) is 15.2. The van der Waals surface area contributed by atoms with Gasteiger partial charge in [-0.15, -0.1) is 0 Å². The molecule has 0 aliphatic carbocycles. The highest BCUT2D eigenvalue weighted by atomic mass is 16.5. The highest BCUT2D eigenvalue weighted by Crippen LogP contribution is 2.23. The standard InChI is InChI=1S/C18H18N4O6/c1-10(2)20-18(26)21-13(23)8-27-14(24)7-22-9-19-15-11-5-3-4-6-12(11)28-16(15)17(22)25/h3-6,9-10H,7-8H2,1-2H3,(H2,20,21,23,26). The number of fused-ring (bicyclic) bond motifs is 3. The quantitative estimate of drug-likeness (QED) is 0.623. The van der Waals surface area contributed by atoms with E-state index in [1.54, 1.807) is 38.1 Å². The summed E-state index contributed by atoms with van der Waals surface area (Å²) in [6.07, 6.45) is 1.21.